The van der Waals surface area contributed by atoms with Crippen molar-refractivity contribution in [2.24, 2.45) is 0 Å². The molecule has 2 rings (SSSR count). The van der Waals surface area contributed by atoms with Gasteiger partial charge in [0.05, 0.1) is 10.4 Å². The number of fused-ring (bicyclic) bond motifs is 1. The van der Waals surface area contributed by atoms with Gasteiger partial charge >= 0.3 is 0 Å². The summed E-state index contributed by atoms with van der Waals surface area (Å²) >= 11 is 0. The van der Waals surface area contributed by atoms with Gasteiger partial charge in [0.1, 0.15) is 0 Å². The normalized spacial score (nSPS) is 10.4. The molecule has 0 aliphatic carbocycles. The topological polar surface area (TPSA) is 56.0 Å². The molecule has 4 nitrogen and oxygen atoms in total. The predicted octanol–water partition coefficient (Wildman–Crippen LogP) is 2.45. The first-order valence-corrected chi connectivity index (χ1v) is 4.18. The van der Waals surface area contributed by atoms with Crippen molar-refractivity contribution >= 4 is 16.6 Å². The number of nitro groups is 1. The van der Waals surface area contributed by atoms with Crippen molar-refractivity contribution in [2.45, 2.75) is 6.92 Å². The van der Waals surface area contributed by atoms with Gasteiger partial charge in [0.2, 0.25) is 0 Å². The monoisotopic (exact) mass is 188 g/mol. The summed E-state index contributed by atoms with van der Waals surface area (Å²) in [6, 6.07) is 6.60. The van der Waals surface area contributed by atoms with Crippen molar-refractivity contribution in [3.05, 3.63) is 46.1 Å². The van der Waals surface area contributed by atoms with Crippen molar-refractivity contribution in [1.82, 2.24) is 4.98 Å². The number of pyridine rings is 1. The van der Waals surface area contributed by atoms with E-state index in [-0.39, 0.29) is 5.69 Å². The highest BCUT2D eigenvalue weighted by molar-refractivity contribution is 5.83. The second-order valence-corrected chi connectivity index (χ2v) is 3.09. The van der Waals surface area contributed by atoms with E-state index >= 15 is 0 Å². The van der Waals surface area contributed by atoms with Gasteiger partial charge in [-0.3, -0.25) is 15.1 Å². The summed E-state index contributed by atoms with van der Waals surface area (Å²) in [7, 11) is 0. The highest BCUT2D eigenvalue weighted by atomic mass is 16.6. The predicted molar refractivity (Wildman–Crippen MR) is 53.1 cm³/mol. The lowest BCUT2D eigenvalue weighted by molar-refractivity contribution is -0.384. The van der Waals surface area contributed by atoms with Crippen molar-refractivity contribution in [2.75, 3.05) is 0 Å². The Morgan fingerprint density at radius 3 is 2.86 bits per heavy atom. The van der Waals surface area contributed by atoms with Crippen LogP contribution in [0, 0.1) is 17.0 Å². The van der Waals surface area contributed by atoms with Gasteiger partial charge in [-0.1, -0.05) is 0 Å². The number of rotatable bonds is 1. The van der Waals surface area contributed by atoms with Gasteiger partial charge in [-0.05, 0) is 24.6 Å². The van der Waals surface area contributed by atoms with Gasteiger partial charge in [-0.2, -0.15) is 0 Å². The number of non-ortho nitro benzene ring substituents is 1. The van der Waals surface area contributed by atoms with E-state index in [9.17, 15) is 10.1 Å². The van der Waals surface area contributed by atoms with E-state index in [0.717, 1.165) is 10.9 Å². The fraction of sp³-hybridized carbons (Fsp3) is 0.100. The molecule has 0 aliphatic rings. The SMILES string of the molecule is Cc1ccnc2cc([N+](=O)[O-])ccc12. The average Bonchev–Trinajstić information content (AvgIpc) is 2.17. The molecule has 1 aromatic heterocycles. The standard InChI is InChI=1S/C10H8N2O2/c1-7-4-5-11-10-6-8(12(13)14)2-3-9(7)10/h2-6H,1H3. The van der Waals surface area contributed by atoms with Crippen LogP contribution in [0.25, 0.3) is 10.9 Å². The van der Waals surface area contributed by atoms with E-state index in [1.165, 1.54) is 12.1 Å². The van der Waals surface area contributed by atoms with Gasteiger partial charge in [-0.15, -0.1) is 0 Å². The fourth-order valence-electron chi connectivity index (χ4n) is 1.39. The Morgan fingerprint density at radius 2 is 2.14 bits per heavy atom. The number of hydrogen-bond acceptors (Lipinski definition) is 3. The Bertz CT molecular complexity index is 508. The summed E-state index contributed by atoms with van der Waals surface area (Å²) in [5.74, 6) is 0. The minimum Gasteiger partial charge on any atom is -0.258 e. The fourth-order valence-corrected chi connectivity index (χ4v) is 1.39. The minimum atomic E-state index is -0.413. The Labute approximate surface area is 80.4 Å². The first-order valence-electron chi connectivity index (χ1n) is 4.18. The molecule has 0 saturated heterocycles. The molecule has 0 aliphatic heterocycles. The summed E-state index contributed by atoms with van der Waals surface area (Å²) in [5, 5.41) is 11.5. The summed E-state index contributed by atoms with van der Waals surface area (Å²) in [4.78, 5) is 14.2. The maximum atomic E-state index is 10.5. The van der Waals surface area contributed by atoms with Crippen molar-refractivity contribution in [3.63, 3.8) is 0 Å². The summed E-state index contributed by atoms with van der Waals surface area (Å²) in [6.07, 6.45) is 1.65. The zero-order chi connectivity index (χ0) is 10.1. The average molecular weight is 188 g/mol. The van der Waals surface area contributed by atoms with Crippen LogP contribution in [0.3, 0.4) is 0 Å². The first-order chi connectivity index (χ1) is 6.68. The van der Waals surface area contributed by atoms with Crippen molar-refractivity contribution < 1.29 is 4.92 Å². The van der Waals surface area contributed by atoms with E-state index in [2.05, 4.69) is 4.98 Å². The molecule has 14 heavy (non-hydrogen) atoms. The summed E-state index contributed by atoms with van der Waals surface area (Å²) in [5.41, 5.74) is 1.82. The summed E-state index contributed by atoms with van der Waals surface area (Å²) in [6.45, 7) is 1.95. The molecule has 0 unspecified atom stereocenters. The van der Waals surface area contributed by atoms with Gasteiger partial charge in [0.15, 0.2) is 0 Å². The van der Waals surface area contributed by atoms with Crippen LogP contribution in [0.2, 0.25) is 0 Å². The number of hydrogen-bond donors (Lipinski definition) is 0. The van der Waals surface area contributed by atoms with Crippen LogP contribution in [0.4, 0.5) is 5.69 Å². The summed E-state index contributed by atoms with van der Waals surface area (Å²) < 4.78 is 0. The highest BCUT2D eigenvalue weighted by Gasteiger charge is 2.06. The molecule has 0 amide bonds. The molecule has 4 heteroatoms. The second kappa shape index (κ2) is 3.06. The van der Waals surface area contributed by atoms with Crippen LogP contribution < -0.4 is 0 Å². The molecule has 0 N–H and O–H groups in total. The lowest BCUT2D eigenvalue weighted by Crippen LogP contribution is -1.89. The van der Waals surface area contributed by atoms with Crippen LogP contribution in [0.15, 0.2) is 30.5 Å². The van der Waals surface area contributed by atoms with Crippen LogP contribution in [-0.2, 0) is 0 Å². The zero-order valence-corrected chi connectivity index (χ0v) is 7.60. The van der Waals surface area contributed by atoms with E-state index in [1.807, 2.05) is 13.0 Å². The van der Waals surface area contributed by atoms with Crippen molar-refractivity contribution in [1.29, 1.82) is 0 Å². The molecule has 0 fully saturated rings. The number of nitro benzene ring substituents is 1. The van der Waals surface area contributed by atoms with Crippen molar-refractivity contribution in [3.8, 4) is 0 Å². The largest absolute Gasteiger partial charge is 0.271 e. The Kier molecular flexibility index (Phi) is 1.89. The minimum absolute atomic E-state index is 0.0793. The molecule has 0 saturated carbocycles. The molecule has 0 bridgehead atoms. The molecule has 1 aromatic carbocycles. The number of nitrogens with zero attached hydrogens (tertiary/aromatic N) is 2. The highest BCUT2D eigenvalue weighted by Crippen LogP contribution is 2.21. The van der Waals surface area contributed by atoms with Gasteiger partial charge in [-0.25, -0.2) is 0 Å². The molecular formula is C10H8N2O2. The lowest BCUT2D eigenvalue weighted by atomic mass is 10.1. The first kappa shape index (κ1) is 8.62. The molecular weight excluding hydrogens is 180 g/mol. The third-order valence-corrected chi connectivity index (χ3v) is 2.16. The van der Waals surface area contributed by atoms with Crippen LogP contribution >= 0.6 is 0 Å². The number of aromatic nitrogens is 1. The van der Waals surface area contributed by atoms with Crippen LogP contribution in [0.5, 0.6) is 0 Å². The Hall–Kier alpha value is -1.97. The third kappa shape index (κ3) is 1.31. The van der Waals surface area contributed by atoms with E-state index < -0.39 is 4.92 Å². The molecule has 1 heterocycles. The van der Waals surface area contributed by atoms with Gasteiger partial charge < -0.3 is 0 Å². The van der Waals surface area contributed by atoms with E-state index in [4.69, 9.17) is 0 Å². The molecule has 2 aromatic rings. The van der Waals surface area contributed by atoms with Gasteiger partial charge in [0.25, 0.3) is 5.69 Å². The second-order valence-electron chi connectivity index (χ2n) is 3.09. The molecule has 0 atom stereocenters. The molecule has 70 valence electrons. The Balaban J connectivity index is 2.73. The smallest absolute Gasteiger partial charge is 0.258 e. The van der Waals surface area contributed by atoms with Crippen LogP contribution in [0.1, 0.15) is 5.56 Å². The van der Waals surface area contributed by atoms with E-state index in [1.54, 1.807) is 12.3 Å². The maximum Gasteiger partial charge on any atom is 0.271 e. The van der Waals surface area contributed by atoms with Crippen LogP contribution in [-0.4, -0.2) is 9.91 Å². The third-order valence-electron chi connectivity index (χ3n) is 2.16. The molecule has 0 spiro atoms. The maximum absolute atomic E-state index is 10.5. The van der Waals surface area contributed by atoms with Gasteiger partial charge in [0, 0.05) is 23.7 Å². The zero-order valence-electron chi connectivity index (χ0n) is 7.60. The quantitative estimate of drug-likeness (QED) is 0.510. The van der Waals surface area contributed by atoms with E-state index in [0.29, 0.717) is 5.52 Å². The molecule has 0 radical (unpaired) electrons. The number of aryl methyl sites for hydroxylation is 1. The lowest BCUT2D eigenvalue weighted by Gasteiger charge is -1.99. The number of benzene rings is 1. The Morgan fingerprint density at radius 1 is 1.36 bits per heavy atom.